The number of aromatic amines is 1. The van der Waals surface area contributed by atoms with Crippen LogP contribution in [0.5, 0.6) is 0 Å². The number of amides is 1. The molecule has 0 bridgehead atoms. The van der Waals surface area contributed by atoms with E-state index in [1.807, 2.05) is 18.2 Å². The molecule has 0 atom stereocenters. The van der Waals surface area contributed by atoms with Gasteiger partial charge in [-0.1, -0.05) is 42.5 Å². The number of rotatable bonds is 6. The van der Waals surface area contributed by atoms with Crippen LogP contribution in [-0.2, 0) is 17.6 Å². The van der Waals surface area contributed by atoms with Crippen molar-refractivity contribution in [3.8, 4) is 11.1 Å². The molecule has 0 aliphatic carbocycles. The summed E-state index contributed by atoms with van der Waals surface area (Å²) in [6.07, 6.45) is 1.65. The molecule has 0 aliphatic rings. The van der Waals surface area contributed by atoms with E-state index in [4.69, 9.17) is 15.9 Å². The first-order valence-electron chi connectivity index (χ1n) is 10.2. The number of furan rings is 1. The van der Waals surface area contributed by atoms with E-state index in [9.17, 15) is 4.79 Å². The van der Waals surface area contributed by atoms with E-state index in [1.54, 1.807) is 0 Å². The normalized spacial score (nSPS) is 11.6. The Labute approximate surface area is 173 Å². The highest BCUT2D eigenvalue weighted by atomic mass is 16.3. The molecule has 2 heterocycles. The molecule has 0 fully saturated rings. The Kier molecular flexibility index (Phi) is 4.52. The molecule has 1 amide bonds. The number of hydrogen-bond donors (Lipinski definition) is 3. The summed E-state index contributed by atoms with van der Waals surface area (Å²) >= 11 is 0. The van der Waals surface area contributed by atoms with Crippen LogP contribution in [-0.4, -0.2) is 17.4 Å². The summed E-state index contributed by atoms with van der Waals surface area (Å²) in [5, 5.41) is 3.36. The Morgan fingerprint density at radius 2 is 1.77 bits per heavy atom. The maximum Gasteiger partial charge on any atom is 0.217 e. The van der Waals surface area contributed by atoms with Crippen LogP contribution < -0.4 is 11.5 Å². The Balaban J connectivity index is 1.68. The number of aromatic nitrogens is 1. The first kappa shape index (κ1) is 18.5. The molecular weight excluding hydrogens is 374 g/mol. The first-order chi connectivity index (χ1) is 14.7. The molecule has 5 heteroatoms. The fraction of sp³-hybridized carbons (Fsp3) is 0.160. The van der Waals surface area contributed by atoms with Gasteiger partial charge < -0.3 is 20.9 Å². The zero-order chi connectivity index (χ0) is 20.7. The third kappa shape index (κ3) is 3.04. The molecule has 0 aliphatic heterocycles. The van der Waals surface area contributed by atoms with Gasteiger partial charge in [0.15, 0.2) is 0 Å². The highest BCUT2D eigenvalue weighted by Crippen LogP contribution is 2.37. The fourth-order valence-corrected chi connectivity index (χ4v) is 4.34. The van der Waals surface area contributed by atoms with E-state index < -0.39 is 0 Å². The average molecular weight is 397 g/mol. The van der Waals surface area contributed by atoms with E-state index in [1.165, 1.54) is 0 Å². The number of fused-ring (bicyclic) bond motifs is 4. The number of para-hydroxylation sites is 2. The number of nitrogens with two attached hydrogens (primary N) is 2. The summed E-state index contributed by atoms with van der Waals surface area (Å²) in [6.45, 7) is 0.542. The van der Waals surface area contributed by atoms with Crippen molar-refractivity contribution in [1.29, 1.82) is 0 Å². The van der Waals surface area contributed by atoms with Gasteiger partial charge in [-0.3, -0.25) is 4.79 Å². The second-order valence-corrected chi connectivity index (χ2v) is 7.63. The van der Waals surface area contributed by atoms with Crippen molar-refractivity contribution in [3.05, 3.63) is 71.9 Å². The number of nitrogens with one attached hydrogen (secondary N) is 1. The zero-order valence-electron chi connectivity index (χ0n) is 16.6. The van der Waals surface area contributed by atoms with Gasteiger partial charge in [-0.15, -0.1) is 0 Å². The van der Waals surface area contributed by atoms with Gasteiger partial charge in [0.05, 0.1) is 0 Å². The van der Waals surface area contributed by atoms with Crippen LogP contribution in [0.4, 0.5) is 0 Å². The van der Waals surface area contributed by atoms with Crippen LogP contribution in [0.3, 0.4) is 0 Å². The van der Waals surface area contributed by atoms with Crippen LogP contribution in [0.1, 0.15) is 17.7 Å². The Morgan fingerprint density at radius 1 is 0.933 bits per heavy atom. The van der Waals surface area contributed by atoms with Crippen molar-refractivity contribution in [2.24, 2.45) is 11.5 Å². The number of hydrogen-bond acceptors (Lipinski definition) is 3. The highest BCUT2D eigenvalue weighted by Gasteiger charge is 2.15. The van der Waals surface area contributed by atoms with E-state index in [-0.39, 0.29) is 5.91 Å². The molecule has 0 spiro atoms. The Morgan fingerprint density at radius 3 is 2.60 bits per heavy atom. The van der Waals surface area contributed by atoms with Crippen LogP contribution >= 0.6 is 0 Å². The summed E-state index contributed by atoms with van der Waals surface area (Å²) in [5.74, 6) is -0.301. The van der Waals surface area contributed by atoms with Crippen molar-refractivity contribution in [3.63, 3.8) is 0 Å². The van der Waals surface area contributed by atoms with Crippen molar-refractivity contribution >= 4 is 38.7 Å². The molecule has 5 N–H and O–H groups in total. The maximum absolute atomic E-state index is 11.3. The molecule has 0 unspecified atom stereocenters. The highest BCUT2D eigenvalue weighted by molar-refractivity contribution is 6.10. The number of carbonyl (C=O) groups is 1. The molecule has 0 radical (unpaired) electrons. The lowest BCUT2D eigenvalue weighted by Crippen LogP contribution is -2.12. The van der Waals surface area contributed by atoms with E-state index in [0.29, 0.717) is 19.4 Å². The number of carbonyl (C=O) groups excluding carboxylic acids is 1. The summed E-state index contributed by atoms with van der Waals surface area (Å²) < 4.78 is 6.22. The Bertz CT molecular complexity index is 1390. The van der Waals surface area contributed by atoms with Gasteiger partial charge in [0.1, 0.15) is 11.2 Å². The predicted molar refractivity (Wildman–Crippen MR) is 121 cm³/mol. The largest absolute Gasteiger partial charge is 0.455 e. The van der Waals surface area contributed by atoms with Gasteiger partial charge in [-0.25, -0.2) is 0 Å². The fourth-order valence-electron chi connectivity index (χ4n) is 4.34. The van der Waals surface area contributed by atoms with Crippen LogP contribution in [0.2, 0.25) is 0 Å². The molecule has 0 saturated carbocycles. The third-order valence-corrected chi connectivity index (χ3v) is 5.73. The van der Waals surface area contributed by atoms with Crippen LogP contribution in [0, 0.1) is 0 Å². The second kappa shape index (κ2) is 7.35. The zero-order valence-corrected chi connectivity index (χ0v) is 16.6. The maximum atomic E-state index is 11.3. The van der Waals surface area contributed by atoms with Gasteiger partial charge >= 0.3 is 0 Å². The van der Waals surface area contributed by atoms with E-state index in [2.05, 4.69) is 47.4 Å². The number of benzene rings is 3. The van der Waals surface area contributed by atoms with Gasteiger partial charge in [-0.2, -0.15) is 0 Å². The number of primary amides is 1. The minimum atomic E-state index is -0.301. The van der Waals surface area contributed by atoms with E-state index >= 15 is 0 Å². The summed E-state index contributed by atoms with van der Waals surface area (Å²) in [6, 6.07) is 20.7. The lowest BCUT2D eigenvalue weighted by Gasteiger charge is -2.05. The molecule has 0 saturated heterocycles. The average Bonchev–Trinajstić information content (AvgIpc) is 3.30. The van der Waals surface area contributed by atoms with Gasteiger partial charge in [0.25, 0.3) is 0 Å². The SMILES string of the molecule is NCCc1c(CCC(N)=O)[nH]c2ccc(-c3cccc4c3oc3ccccc34)cc12. The predicted octanol–water partition coefficient (Wildman–Crippen LogP) is 4.65. The summed E-state index contributed by atoms with van der Waals surface area (Å²) in [5.41, 5.74) is 18.4. The molecule has 30 heavy (non-hydrogen) atoms. The van der Waals surface area contributed by atoms with Crippen molar-refractivity contribution < 1.29 is 9.21 Å². The van der Waals surface area contributed by atoms with Crippen LogP contribution in [0.15, 0.2) is 65.1 Å². The minimum Gasteiger partial charge on any atom is -0.455 e. The van der Waals surface area contributed by atoms with E-state index in [0.717, 1.165) is 61.6 Å². The molecule has 150 valence electrons. The number of aryl methyl sites for hydroxylation is 1. The summed E-state index contributed by atoms with van der Waals surface area (Å²) in [7, 11) is 0. The van der Waals surface area contributed by atoms with Gasteiger partial charge in [-0.05, 0) is 48.7 Å². The van der Waals surface area contributed by atoms with Crippen molar-refractivity contribution in [1.82, 2.24) is 4.98 Å². The molecular formula is C25H23N3O2. The lowest BCUT2D eigenvalue weighted by molar-refractivity contribution is -0.118. The lowest BCUT2D eigenvalue weighted by atomic mass is 9.98. The molecule has 5 aromatic rings. The Hall–Kier alpha value is -3.57. The standard InChI is InChI=1S/C25H23N3O2/c26-13-12-17-20-14-15(8-9-22(20)28-21(17)10-11-24(27)29)16-5-3-6-19-18-4-1-2-7-23(18)30-25(16)19/h1-9,14,28H,10-13,26H2,(H2,27,29). The third-order valence-electron chi connectivity index (χ3n) is 5.73. The minimum absolute atomic E-state index is 0.301. The van der Waals surface area contributed by atoms with Crippen molar-refractivity contribution in [2.75, 3.05) is 6.54 Å². The monoisotopic (exact) mass is 397 g/mol. The topological polar surface area (TPSA) is 98.0 Å². The quantitative estimate of drug-likeness (QED) is 0.389. The molecule has 3 aromatic carbocycles. The number of H-pyrrole nitrogens is 1. The molecule has 5 nitrogen and oxygen atoms in total. The van der Waals surface area contributed by atoms with Gasteiger partial charge in [0.2, 0.25) is 5.91 Å². The summed E-state index contributed by atoms with van der Waals surface area (Å²) in [4.78, 5) is 14.7. The van der Waals surface area contributed by atoms with Crippen LogP contribution in [0.25, 0.3) is 44.0 Å². The van der Waals surface area contributed by atoms with Gasteiger partial charge in [0, 0.05) is 39.4 Å². The smallest absolute Gasteiger partial charge is 0.217 e. The molecule has 2 aromatic heterocycles. The van der Waals surface area contributed by atoms with Crippen molar-refractivity contribution in [2.45, 2.75) is 19.3 Å². The first-order valence-corrected chi connectivity index (χ1v) is 10.2. The second-order valence-electron chi connectivity index (χ2n) is 7.63. The molecule has 5 rings (SSSR count).